The number of methoxy groups -OCH3 is 4. The molecule has 6 heteroatoms. The molecule has 2 aromatic heterocycles. The number of rotatable bonds is 5. The fourth-order valence-corrected chi connectivity index (χ4v) is 3.35. The molecule has 2 aromatic carbocycles. The van der Waals surface area contributed by atoms with E-state index in [1.165, 1.54) is 0 Å². The summed E-state index contributed by atoms with van der Waals surface area (Å²) in [5.41, 5.74) is 4.75. The summed E-state index contributed by atoms with van der Waals surface area (Å²) in [5.74, 6) is 14.9. The van der Waals surface area contributed by atoms with E-state index in [2.05, 4.69) is 33.6 Å². The van der Waals surface area contributed by atoms with E-state index in [4.69, 9.17) is 18.9 Å². The van der Waals surface area contributed by atoms with Crippen LogP contribution in [-0.4, -0.2) is 38.4 Å². The first-order chi connectivity index (χ1) is 17.6. The van der Waals surface area contributed by atoms with E-state index in [0.29, 0.717) is 17.2 Å². The van der Waals surface area contributed by atoms with Crippen molar-refractivity contribution in [2.45, 2.75) is 0 Å². The molecular formula is C30H24N2O4. The van der Waals surface area contributed by atoms with Gasteiger partial charge in [0.1, 0.15) is 5.75 Å². The van der Waals surface area contributed by atoms with Gasteiger partial charge >= 0.3 is 0 Å². The van der Waals surface area contributed by atoms with E-state index in [0.717, 1.165) is 39.4 Å². The second-order valence-electron chi connectivity index (χ2n) is 7.51. The molecule has 0 radical (unpaired) electrons. The second kappa shape index (κ2) is 11.5. The first-order valence-corrected chi connectivity index (χ1v) is 11.0. The lowest BCUT2D eigenvalue weighted by Gasteiger charge is -2.12. The van der Waals surface area contributed by atoms with Crippen molar-refractivity contribution in [2.75, 3.05) is 28.4 Å². The van der Waals surface area contributed by atoms with Crippen molar-refractivity contribution in [3.8, 4) is 58.1 Å². The first kappa shape index (κ1) is 24.2. The minimum Gasteiger partial charge on any atom is -0.497 e. The molecule has 0 spiro atoms. The third-order valence-electron chi connectivity index (χ3n) is 5.25. The third-order valence-corrected chi connectivity index (χ3v) is 5.25. The first-order valence-electron chi connectivity index (χ1n) is 11.0. The topological polar surface area (TPSA) is 62.7 Å². The maximum atomic E-state index is 5.39. The van der Waals surface area contributed by atoms with E-state index in [1.54, 1.807) is 53.0 Å². The highest BCUT2D eigenvalue weighted by molar-refractivity contribution is 5.59. The van der Waals surface area contributed by atoms with Crippen LogP contribution in [0.5, 0.6) is 23.0 Å². The van der Waals surface area contributed by atoms with Gasteiger partial charge in [-0.1, -0.05) is 23.7 Å². The Balaban J connectivity index is 1.47. The molecular weight excluding hydrogens is 452 g/mol. The summed E-state index contributed by atoms with van der Waals surface area (Å²) in [7, 11) is 6.36. The van der Waals surface area contributed by atoms with Gasteiger partial charge in [0.05, 0.1) is 39.8 Å². The molecule has 0 aliphatic rings. The minimum atomic E-state index is 0.529. The summed E-state index contributed by atoms with van der Waals surface area (Å²) in [5, 5.41) is 0. The molecule has 178 valence electrons. The van der Waals surface area contributed by atoms with Gasteiger partial charge in [0, 0.05) is 34.6 Å². The molecule has 0 amide bonds. The average Bonchev–Trinajstić information content (AvgIpc) is 2.95. The van der Waals surface area contributed by atoms with Crippen LogP contribution in [0.25, 0.3) is 11.4 Å². The highest BCUT2D eigenvalue weighted by Crippen LogP contribution is 2.37. The number of hydrogen-bond donors (Lipinski definition) is 0. The molecule has 0 fully saturated rings. The van der Waals surface area contributed by atoms with Gasteiger partial charge in [-0.25, -0.2) is 0 Å². The van der Waals surface area contributed by atoms with Gasteiger partial charge in [0.15, 0.2) is 11.5 Å². The monoisotopic (exact) mass is 476 g/mol. The molecule has 0 N–H and O–H groups in total. The van der Waals surface area contributed by atoms with Crippen LogP contribution >= 0.6 is 0 Å². The predicted molar refractivity (Wildman–Crippen MR) is 139 cm³/mol. The summed E-state index contributed by atoms with van der Waals surface area (Å²) >= 11 is 0. The second-order valence-corrected chi connectivity index (χ2v) is 7.51. The molecule has 0 bridgehead atoms. The lowest BCUT2D eigenvalue weighted by atomic mass is 10.1. The number of aromatic nitrogens is 2. The molecule has 0 unspecified atom stereocenters. The van der Waals surface area contributed by atoms with Crippen molar-refractivity contribution in [3.63, 3.8) is 0 Å². The van der Waals surface area contributed by atoms with Crippen molar-refractivity contribution >= 4 is 0 Å². The Morgan fingerprint density at radius 2 is 0.972 bits per heavy atom. The lowest BCUT2D eigenvalue weighted by Crippen LogP contribution is -1.95. The standard InChI is InChI=1S/C30H24N2O4/c1-33-25-13-9-21(10-14-25)5-6-22-11-15-26(31-19-22)27-16-12-23(20-32-27)7-8-24-17-28(34-2)30(36-4)29(18-24)35-3/h9-20H,1-4H3. The predicted octanol–water partition coefficient (Wildman–Crippen LogP) is 4.98. The molecule has 2 heterocycles. The highest BCUT2D eigenvalue weighted by atomic mass is 16.5. The van der Waals surface area contributed by atoms with E-state index in [1.807, 2.05) is 48.5 Å². The number of ether oxygens (including phenoxy) is 4. The largest absolute Gasteiger partial charge is 0.497 e. The maximum Gasteiger partial charge on any atom is 0.203 e. The molecule has 0 aliphatic carbocycles. The number of hydrogen-bond acceptors (Lipinski definition) is 6. The fraction of sp³-hybridized carbons (Fsp3) is 0.133. The molecule has 36 heavy (non-hydrogen) atoms. The Labute approximate surface area is 210 Å². The van der Waals surface area contributed by atoms with Crippen LogP contribution in [0.15, 0.2) is 73.1 Å². The SMILES string of the molecule is COc1ccc(C#Cc2ccc(-c3ccc(C#Cc4cc(OC)c(OC)c(OC)c4)cn3)nc2)cc1. The summed E-state index contributed by atoms with van der Waals surface area (Å²) in [4.78, 5) is 9.02. The molecule has 0 aliphatic heterocycles. The van der Waals surface area contributed by atoms with Crippen molar-refractivity contribution in [1.29, 1.82) is 0 Å². The number of pyridine rings is 2. The van der Waals surface area contributed by atoms with Crippen LogP contribution in [-0.2, 0) is 0 Å². The summed E-state index contributed by atoms with van der Waals surface area (Å²) in [6.45, 7) is 0. The van der Waals surface area contributed by atoms with Gasteiger partial charge in [-0.3, -0.25) is 9.97 Å². The van der Waals surface area contributed by atoms with Crippen LogP contribution in [0.1, 0.15) is 22.3 Å². The highest BCUT2D eigenvalue weighted by Gasteiger charge is 2.12. The zero-order valence-electron chi connectivity index (χ0n) is 20.5. The van der Waals surface area contributed by atoms with Gasteiger partial charge in [-0.2, -0.15) is 0 Å². The lowest BCUT2D eigenvalue weighted by molar-refractivity contribution is 0.324. The van der Waals surface area contributed by atoms with Gasteiger partial charge in [0.25, 0.3) is 0 Å². The number of nitrogens with zero attached hydrogens (tertiary/aromatic N) is 2. The summed E-state index contributed by atoms with van der Waals surface area (Å²) in [6, 6.07) is 18.9. The normalized spacial score (nSPS) is 9.78. The van der Waals surface area contributed by atoms with Crippen LogP contribution in [0.4, 0.5) is 0 Å². The van der Waals surface area contributed by atoms with E-state index >= 15 is 0 Å². The smallest absolute Gasteiger partial charge is 0.203 e. The Bertz CT molecular complexity index is 1430. The Kier molecular flexibility index (Phi) is 7.70. The van der Waals surface area contributed by atoms with Gasteiger partial charge in [-0.05, 0) is 60.7 Å². The molecule has 0 saturated heterocycles. The van der Waals surface area contributed by atoms with Crippen molar-refractivity contribution in [3.05, 3.63) is 95.3 Å². The maximum absolute atomic E-state index is 5.39. The van der Waals surface area contributed by atoms with Crippen LogP contribution < -0.4 is 18.9 Å². The van der Waals surface area contributed by atoms with E-state index in [-0.39, 0.29) is 0 Å². The van der Waals surface area contributed by atoms with Crippen LogP contribution in [0, 0.1) is 23.7 Å². The van der Waals surface area contributed by atoms with Crippen LogP contribution in [0.3, 0.4) is 0 Å². The molecule has 0 saturated carbocycles. The third kappa shape index (κ3) is 5.75. The zero-order valence-corrected chi connectivity index (χ0v) is 20.5. The van der Waals surface area contributed by atoms with Gasteiger partial charge < -0.3 is 18.9 Å². The molecule has 4 aromatic rings. The van der Waals surface area contributed by atoms with Gasteiger partial charge in [-0.15, -0.1) is 0 Å². The van der Waals surface area contributed by atoms with E-state index in [9.17, 15) is 0 Å². The van der Waals surface area contributed by atoms with E-state index < -0.39 is 0 Å². The van der Waals surface area contributed by atoms with Gasteiger partial charge in [0.2, 0.25) is 5.75 Å². The van der Waals surface area contributed by atoms with Crippen molar-refractivity contribution in [2.24, 2.45) is 0 Å². The average molecular weight is 477 g/mol. The Hall–Kier alpha value is -4.94. The summed E-state index contributed by atoms with van der Waals surface area (Å²) in [6.07, 6.45) is 3.46. The Morgan fingerprint density at radius 1 is 0.500 bits per heavy atom. The minimum absolute atomic E-state index is 0.529. The van der Waals surface area contributed by atoms with Crippen molar-refractivity contribution < 1.29 is 18.9 Å². The summed E-state index contributed by atoms with van der Waals surface area (Å²) < 4.78 is 21.3. The van der Waals surface area contributed by atoms with Crippen molar-refractivity contribution in [1.82, 2.24) is 9.97 Å². The number of benzene rings is 2. The Morgan fingerprint density at radius 3 is 1.39 bits per heavy atom. The fourth-order valence-electron chi connectivity index (χ4n) is 3.35. The quantitative estimate of drug-likeness (QED) is 0.379. The molecule has 0 atom stereocenters. The molecule has 6 nitrogen and oxygen atoms in total. The zero-order chi connectivity index (χ0) is 25.3. The molecule has 4 rings (SSSR count). The van der Waals surface area contributed by atoms with Crippen LogP contribution in [0.2, 0.25) is 0 Å².